The van der Waals surface area contributed by atoms with Crippen molar-refractivity contribution in [3.8, 4) is 5.69 Å². The normalized spacial score (nSPS) is 10.5. The molecule has 0 radical (unpaired) electrons. The molecule has 0 spiro atoms. The van der Waals surface area contributed by atoms with Gasteiger partial charge in [-0.2, -0.15) is 0 Å². The fourth-order valence-electron chi connectivity index (χ4n) is 1.60. The zero-order valence-corrected chi connectivity index (χ0v) is 10.5. The standard InChI is InChI=1S/C12H9BrFNO2/c1-7-2-3-9(14)10(4-7)15-6-8(13)5-11(15)12(16)17/h2-6H,1H3,(H,16,17). The number of benzene rings is 1. The van der Waals surface area contributed by atoms with Crippen LogP contribution in [-0.2, 0) is 0 Å². The number of aryl methyl sites for hydroxylation is 1. The molecule has 5 heteroatoms. The Morgan fingerprint density at radius 3 is 2.76 bits per heavy atom. The fourth-order valence-corrected chi connectivity index (χ4v) is 2.02. The largest absolute Gasteiger partial charge is 0.477 e. The minimum atomic E-state index is -1.10. The second-order valence-electron chi connectivity index (χ2n) is 3.67. The quantitative estimate of drug-likeness (QED) is 0.923. The maximum absolute atomic E-state index is 13.7. The Balaban J connectivity index is 2.67. The molecule has 2 rings (SSSR count). The van der Waals surface area contributed by atoms with E-state index in [0.717, 1.165) is 5.56 Å². The van der Waals surface area contributed by atoms with E-state index in [1.54, 1.807) is 12.1 Å². The summed E-state index contributed by atoms with van der Waals surface area (Å²) in [5, 5.41) is 9.04. The van der Waals surface area contributed by atoms with Crippen LogP contribution in [0.15, 0.2) is 34.9 Å². The van der Waals surface area contributed by atoms with Crippen LogP contribution in [0.1, 0.15) is 16.1 Å². The first kappa shape index (κ1) is 11.9. The average molecular weight is 298 g/mol. The molecule has 17 heavy (non-hydrogen) atoms. The van der Waals surface area contributed by atoms with Gasteiger partial charge >= 0.3 is 5.97 Å². The second kappa shape index (κ2) is 4.33. The summed E-state index contributed by atoms with van der Waals surface area (Å²) in [6.45, 7) is 1.82. The molecule has 1 N–H and O–H groups in total. The molecule has 0 aliphatic rings. The highest BCUT2D eigenvalue weighted by molar-refractivity contribution is 9.10. The van der Waals surface area contributed by atoms with Gasteiger partial charge in [0.2, 0.25) is 0 Å². The Kier molecular flexibility index (Phi) is 3.02. The van der Waals surface area contributed by atoms with E-state index >= 15 is 0 Å². The first-order valence-electron chi connectivity index (χ1n) is 4.87. The number of rotatable bonds is 2. The number of hydrogen-bond donors (Lipinski definition) is 1. The van der Waals surface area contributed by atoms with Gasteiger partial charge in [0.1, 0.15) is 11.5 Å². The van der Waals surface area contributed by atoms with Crippen molar-refractivity contribution in [1.82, 2.24) is 4.57 Å². The van der Waals surface area contributed by atoms with Crippen LogP contribution in [0.3, 0.4) is 0 Å². The van der Waals surface area contributed by atoms with Gasteiger partial charge in [-0.3, -0.25) is 0 Å². The minimum absolute atomic E-state index is 0.0152. The summed E-state index contributed by atoms with van der Waals surface area (Å²) < 4.78 is 15.6. The van der Waals surface area contributed by atoms with Gasteiger partial charge in [-0.25, -0.2) is 9.18 Å². The summed E-state index contributed by atoms with van der Waals surface area (Å²) >= 11 is 3.19. The number of nitrogens with zero attached hydrogens (tertiary/aromatic N) is 1. The Labute approximate surface area is 106 Å². The van der Waals surface area contributed by atoms with Crippen molar-refractivity contribution in [3.05, 3.63) is 52.0 Å². The molecule has 0 saturated carbocycles. The third-order valence-electron chi connectivity index (χ3n) is 2.37. The molecule has 0 saturated heterocycles. The number of halogens is 2. The molecule has 3 nitrogen and oxygen atoms in total. The lowest BCUT2D eigenvalue weighted by atomic mass is 10.2. The second-order valence-corrected chi connectivity index (χ2v) is 4.59. The van der Waals surface area contributed by atoms with E-state index < -0.39 is 11.8 Å². The van der Waals surface area contributed by atoms with Gasteiger partial charge in [-0.1, -0.05) is 6.07 Å². The molecule has 0 aliphatic carbocycles. The Hall–Kier alpha value is -1.62. The lowest BCUT2D eigenvalue weighted by molar-refractivity contribution is 0.0688. The van der Waals surface area contributed by atoms with Crippen LogP contribution in [0.2, 0.25) is 0 Å². The topological polar surface area (TPSA) is 42.2 Å². The van der Waals surface area contributed by atoms with Crippen LogP contribution >= 0.6 is 15.9 Å². The van der Waals surface area contributed by atoms with Crippen molar-refractivity contribution in [2.24, 2.45) is 0 Å². The van der Waals surface area contributed by atoms with Crippen molar-refractivity contribution in [2.75, 3.05) is 0 Å². The monoisotopic (exact) mass is 297 g/mol. The van der Waals surface area contributed by atoms with Gasteiger partial charge in [-0.15, -0.1) is 0 Å². The highest BCUT2D eigenvalue weighted by atomic mass is 79.9. The Bertz CT molecular complexity index is 592. The predicted octanol–water partition coefficient (Wildman–Crippen LogP) is 3.39. The summed E-state index contributed by atoms with van der Waals surface area (Å²) in [5.41, 5.74) is 1.11. The first-order chi connectivity index (χ1) is 7.99. The predicted molar refractivity (Wildman–Crippen MR) is 65.1 cm³/mol. The number of aromatic carboxylic acids is 1. The molecular weight excluding hydrogens is 289 g/mol. The van der Waals surface area contributed by atoms with E-state index in [4.69, 9.17) is 5.11 Å². The third-order valence-corrected chi connectivity index (χ3v) is 2.80. The van der Waals surface area contributed by atoms with Crippen LogP contribution in [-0.4, -0.2) is 15.6 Å². The van der Waals surface area contributed by atoms with E-state index in [1.807, 2.05) is 6.92 Å². The number of carboxylic acids is 1. The molecule has 88 valence electrons. The Morgan fingerprint density at radius 2 is 2.12 bits per heavy atom. The van der Waals surface area contributed by atoms with Crippen molar-refractivity contribution in [2.45, 2.75) is 6.92 Å². The zero-order valence-electron chi connectivity index (χ0n) is 8.95. The first-order valence-corrected chi connectivity index (χ1v) is 5.66. The van der Waals surface area contributed by atoms with Crippen LogP contribution in [0, 0.1) is 12.7 Å². The number of hydrogen-bond acceptors (Lipinski definition) is 1. The summed E-state index contributed by atoms with van der Waals surface area (Å²) in [6, 6.07) is 6.00. The van der Waals surface area contributed by atoms with E-state index in [-0.39, 0.29) is 11.4 Å². The molecule has 0 atom stereocenters. The summed E-state index contributed by atoms with van der Waals surface area (Å²) in [4.78, 5) is 11.0. The van der Waals surface area contributed by atoms with Gasteiger partial charge in [0.05, 0.1) is 5.69 Å². The molecule has 0 aliphatic heterocycles. The summed E-state index contributed by atoms with van der Waals surface area (Å²) in [6.07, 6.45) is 1.53. The lowest BCUT2D eigenvalue weighted by Gasteiger charge is -2.08. The number of carboxylic acid groups (broad SMARTS) is 1. The van der Waals surface area contributed by atoms with Crippen LogP contribution < -0.4 is 0 Å². The molecule has 2 aromatic rings. The van der Waals surface area contributed by atoms with E-state index in [0.29, 0.717) is 4.47 Å². The Morgan fingerprint density at radius 1 is 1.41 bits per heavy atom. The van der Waals surface area contributed by atoms with E-state index in [1.165, 1.54) is 22.9 Å². The van der Waals surface area contributed by atoms with Gasteiger partial charge in [0.15, 0.2) is 0 Å². The lowest BCUT2D eigenvalue weighted by Crippen LogP contribution is -2.07. The van der Waals surface area contributed by atoms with E-state index in [9.17, 15) is 9.18 Å². The van der Waals surface area contributed by atoms with Crippen molar-refractivity contribution in [3.63, 3.8) is 0 Å². The fraction of sp³-hybridized carbons (Fsp3) is 0.0833. The number of aromatic nitrogens is 1. The van der Waals surface area contributed by atoms with Crippen molar-refractivity contribution in [1.29, 1.82) is 0 Å². The molecule has 0 fully saturated rings. The maximum atomic E-state index is 13.7. The van der Waals surface area contributed by atoms with Crippen molar-refractivity contribution >= 4 is 21.9 Å². The van der Waals surface area contributed by atoms with Crippen LogP contribution in [0.4, 0.5) is 4.39 Å². The van der Waals surface area contributed by atoms with Gasteiger partial charge in [0.25, 0.3) is 0 Å². The maximum Gasteiger partial charge on any atom is 0.352 e. The minimum Gasteiger partial charge on any atom is -0.477 e. The van der Waals surface area contributed by atoms with Gasteiger partial charge < -0.3 is 9.67 Å². The smallest absolute Gasteiger partial charge is 0.352 e. The van der Waals surface area contributed by atoms with Crippen LogP contribution in [0.5, 0.6) is 0 Å². The molecular formula is C12H9BrFNO2. The molecule has 1 aromatic carbocycles. The SMILES string of the molecule is Cc1ccc(F)c(-n2cc(Br)cc2C(=O)O)c1. The van der Waals surface area contributed by atoms with E-state index in [2.05, 4.69) is 15.9 Å². The number of carbonyl (C=O) groups is 1. The average Bonchev–Trinajstić information content (AvgIpc) is 2.64. The highest BCUT2D eigenvalue weighted by Gasteiger charge is 2.15. The van der Waals surface area contributed by atoms with Crippen molar-refractivity contribution < 1.29 is 14.3 Å². The molecule has 1 heterocycles. The molecule has 0 amide bonds. The van der Waals surface area contributed by atoms with Crippen LogP contribution in [0.25, 0.3) is 5.69 Å². The third kappa shape index (κ3) is 2.24. The zero-order chi connectivity index (χ0) is 12.6. The molecule has 1 aromatic heterocycles. The van der Waals surface area contributed by atoms with Gasteiger partial charge in [-0.05, 0) is 46.6 Å². The molecule has 0 bridgehead atoms. The summed E-state index contributed by atoms with van der Waals surface area (Å²) in [5.74, 6) is -1.56. The highest BCUT2D eigenvalue weighted by Crippen LogP contribution is 2.22. The summed E-state index contributed by atoms with van der Waals surface area (Å²) in [7, 11) is 0. The van der Waals surface area contributed by atoms with Gasteiger partial charge in [0, 0.05) is 10.7 Å². The molecule has 0 unspecified atom stereocenters.